The van der Waals surface area contributed by atoms with E-state index in [1.165, 1.54) is 22.3 Å². The number of benzene rings is 2. The van der Waals surface area contributed by atoms with Crippen LogP contribution in [-0.2, 0) is 0 Å². The first-order valence-electron chi connectivity index (χ1n) is 6.53. The van der Waals surface area contributed by atoms with Crippen molar-refractivity contribution in [3.8, 4) is 0 Å². The van der Waals surface area contributed by atoms with Gasteiger partial charge in [0.25, 0.3) is 0 Å². The van der Waals surface area contributed by atoms with Crippen LogP contribution >= 0.6 is 0 Å². The summed E-state index contributed by atoms with van der Waals surface area (Å²) in [5.74, 6) is 0. The summed E-state index contributed by atoms with van der Waals surface area (Å²) in [6.45, 7) is 8.39. The molecule has 0 amide bonds. The average Bonchev–Trinajstić information content (AvgIpc) is 2.38. The number of fused-ring (bicyclic) bond motifs is 1. The largest absolute Gasteiger partial charge is 0.362 e. The van der Waals surface area contributed by atoms with Gasteiger partial charge in [-0.3, -0.25) is 0 Å². The summed E-state index contributed by atoms with van der Waals surface area (Å²) in [4.78, 5) is 0. The molecule has 0 saturated heterocycles. The van der Waals surface area contributed by atoms with Gasteiger partial charge in [0.1, 0.15) is 6.17 Å². The molecular formula is C17H18N2. The molecule has 0 fully saturated rings. The maximum atomic E-state index is 4.16. The topological polar surface area (TPSA) is 24.1 Å². The second-order valence-corrected chi connectivity index (χ2v) is 5.11. The van der Waals surface area contributed by atoms with Crippen LogP contribution in [0.2, 0.25) is 0 Å². The zero-order valence-electron chi connectivity index (χ0n) is 11.3. The summed E-state index contributed by atoms with van der Waals surface area (Å²) in [6, 6.07) is 14.8. The van der Waals surface area contributed by atoms with Crippen LogP contribution in [0.15, 0.2) is 49.0 Å². The molecule has 0 saturated carbocycles. The van der Waals surface area contributed by atoms with Gasteiger partial charge in [0.2, 0.25) is 0 Å². The van der Waals surface area contributed by atoms with Crippen LogP contribution in [0.1, 0.15) is 28.4 Å². The maximum absolute atomic E-state index is 4.16. The number of rotatable bonds is 1. The average molecular weight is 250 g/mol. The van der Waals surface area contributed by atoms with Gasteiger partial charge in [0.05, 0.1) is 0 Å². The Hall–Kier alpha value is -2.22. The predicted octanol–water partition coefficient (Wildman–Crippen LogP) is 3.99. The third-order valence-corrected chi connectivity index (χ3v) is 3.57. The van der Waals surface area contributed by atoms with E-state index < -0.39 is 0 Å². The summed E-state index contributed by atoms with van der Waals surface area (Å²) in [7, 11) is 0. The molecule has 1 unspecified atom stereocenters. The zero-order valence-corrected chi connectivity index (χ0v) is 11.3. The van der Waals surface area contributed by atoms with Gasteiger partial charge in [0, 0.05) is 16.9 Å². The standard InChI is InChI=1S/C17H18N2/c1-11-6-4-8-14(10-11)17-18-13(3)16-12(2)7-5-9-15(16)19-17/h4-10,17-19H,3H2,1-2H3. The van der Waals surface area contributed by atoms with Crippen molar-refractivity contribution in [1.29, 1.82) is 0 Å². The van der Waals surface area contributed by atoms with Crippen LogP contribution in [0, 0.1) is 13.8 Å². The van der Waals surface area contributed by atoms with Crippen molar-refractivity contribution in [2.75, 3.05) is 5.32 Å². The first-order valence-corrected chi connectivity index (χ1v) is 6.53. The van der Waals surface area contributed by atoms with Crippen LogP contribution in [0.3, 0.4) is 0 Å². The quantitative estimate of drug-likeness (QED) is 0.799. The lowest BCUT2D eigenvalue weighted by atomic mass is 9.99. The predicted molar refractivity (Wildman–Crippen MR) is 80.9 cm³/mol. The Bertz CT molecular complexity index is 643. The van der Waals surface area contributed by atoms with Crippen LogP contribution in [0.4, 0.5) is 5.69 Å². The van der Waals surface area contributed by atoms with Crippen molar-refractivity contribution in [2.24, 2.45) is 0 Å². The van der Waals surface area contributed by atoms with Gasteiger partial charge in [-0.05, 0) is 31.0 Å². The lowest BCUT2D eigenvalue weighted by molar-refractivity contribution is 0.702. The van der Waals surface area contributed by atoms with Crippen LogP contribution < -0.4 is 10.6 Å². The smallest absolute Gasteiger partial charge is 0.123 e. The Morgan fingerprint density at radius 1 is 1.00 bits per heavy atom. The molecule has 0 aliphatic carbocycles. The minimum absolute atomic E-state index is 0.0849. The van der Waals surface area contributed by atoms with E-state index in [2.05, 4.69) is 73.5 Å². The van der Waals surface area contributed by atoms with Gasteiger partial charge in [0.15, 0.2) is 0 Å². The Morgan fingerprint density at radius 2 is 1.79 bits per heavy atom. The lowest BCUT2D eigenvalue weighted by Gasteiger charge is -2.32. The number of aryl methyl sites for hydroxylation is 2. The van der Waals surface area contributed by atoms with Crippen LogP contribution in [0.5, 0.6) is 0 Å². The third-order valence-electron chi connectivity index (χ3n) is 3.57. The molecule has 0 radical (unpaired) electrons. The second kappa shape index (κ2) is 4.47. The van der Waals surface area contributed by atoms with Gasteiger partial charge in [-0.1, -0.05) is 48.5 Å². The highest BCUT2D eigenvalue weighted by Crippen LogP contribution is 2.33. The second-order valence-electron chi connectivity index (χ2n) is 5.11. The van der Waals surface area contributed by atoms with Crippen LogP contribution in [0.25, 0.3) is 5.70 Å². The zero-order chi connectivity index (χ0) is 13.4. The number of nitrogens with one attached hydrogen (secondary N) is 2. The van der Waals surface area contributed by atoms with E-state index in [1.54, 1.807) is 0 Å². The van der Waals surface area contributed by atoms with Gasteiger partial charge >= 0.3 is 0 Å². The Labute approximate surface area is 114 Å². The SMILES string of the molecule is C=C1NC(c2cccc(C)c2)Nc2cccc(C)c21. The van der Waals surface area contributed by atoms with Crippen molar-refractivity contribution >= 4 is 11.4 Å². The Morgan fingerprint density at radius 3 is 2.58 bits per heavy atom. The minimum atomic E-state index is 0.0849. The molecule has 19 heavy (non-hydrogen) atoms. The molecule has 3 rings (SSSR count). The van der Waals surface area contributed by atoms with Gasteiger partial charge < -0.3 is 10.6 Å². The summed E-state index contributed by atoms with van der Waals surface area (Å²) in [6.07, 6.45) is 0.0849. The first kappa shape index (κ1) is 11.8. The van der Waals surface area contributed by atoms with Crippen molar-refractivity contribution in [1.82, 2.24) is 5.32 Å². The molecule has 2 aromatic rings. The Kier molecular flexibility index (Phi) is 2.79. The molecule has 96 valence electrons. The first-order chi connectivity index (χ1) is 9.15. The molecule has 2 nitrogen and oxygen atoms in total. The van der Waals surface area contributed by atoms with E-state index in [9.17, 15) is 0 Å². The van der Waals surface area contributed by atoms with E-state index in [0.717, 1.165) is 11.4 Å². The molecule has 2 N–H and O–H groups in total. The number of anilines is 1. The molecule has 1 aliphatic rings. The normalized spacial score (nSPS) is 17.4. The summed E-state index contributed by atoms with van der Waals surface area (Å²) in [5.41, 5.74) is 7.06. The van der Waals surface area contributed by atoms with Gasteiger partial charge in [-0.15, -0.1) is 0 Å². The minimum Gasteiger partial charge on any atom is -0.362 e. The number of hydrogen-bond acceptors (Lipinski definition) is 2. The molecule has 0 bridgehead atoms. The molecule has 0 spiro atoms. The highest BCUT2D eigenvalue weighted by atomic mass is 15.2. The van der Waals surface area contributed by atoms with Crippen molar-refractivity contribution < 1.29 is 0 Å². The summed E-state index contributed by atoms with van der Waals surface area (Å²) >= 11 is 0. The molecule has 1 heterocycles. The summed E-state index contributed by atoms with van der Waals surface area (Å²) in [5, 5.41) is 6.99. The van der Waals surface area contributed by atoms with E-state index in [-0.39, 0.29) is 6.17 Å². The highest BCUT2D eigenvalue weighted by Gasteiger charge is 2.21. The molecule has 1 aliphatic heterocycles. The molecule has 2 heteroatoms. The highest BCUT2D eigenvalue weighted by molar-refractivity contribution is 5.79. The molecule has 0 aromatic heterocycles. The van der Waals surface area contributed by atoms with Crippen molar-refractivity contribution in [3.05, 3.63) is 71.3 Å². The monoisotopic (exact) mass is 250 g/mol. The van der Waals surface area contributed by atoms with E-state index >= 15 is 0 Å². The van der Waals surface area contributed by atoms with Crippen molar-refractivity contribution in [3.63, 3.8) is 0 Å². The molecule has 2 aromatic carbocycles. The third kappa shape index (κ3) is 2.10. The fraction of sp³-hybridized carbons (Fsp3) is 0.176. The molecular weight excluding hydrogens is 232 g/mol. The van der Waals surface area contributed by atoms with Gasteiger partial charge in [-0.2, -0.15) is 0 Å². The Balaban J connectivity index is 2.00. The fourth-order valence-corrected chi connectivity index (χ4v) is 2.64. The number of hydrogen-bond donors (Lipinski definition) is 2. The van der Waals surface area contributed by atoms with Crippen LogP contribution in [-0.4, -0.2) is 0 Å². The fourth-order valence-electron chi connectivity index (χ4n) is 2.64. The maximum Gasteiger partial charge on any atom is 0.123 e. The van der Waals surface area contributed by atoms with E-state index in [0.29, 0.717) is 0 Å². The lowest BCUT2D eigenvalue weighted by Crippen LogP contribution is -2.31. The summed E-state index contributed by atoms with van der Waals surface area (Å²) < 4.78 is 0. The van der Waals surface area contributed by atoms with Crippen molar-refractivity contribution in [2.45, 2.75) is 20.0 Å². The van der Waals surface area contributed by atoms with Gasteiger partial charge in [-0.25, -0.2) is 0 Å². The van der Waals surface area contributed by atoms with E-state index in [1.807, 2.05) is 0 Å². The van der Waals surface area contributed by atoms with E-state index in [4.69, 9.17) is 0 Å². The molecule has 1 atom stereocenters.